The van der Waals surface area contributed by atoms with Crippen molar-refractivity contribution in [3.05, 3.63) is 30.3 Å². The van der Waals surface area contributed by atoms with Crippen molar-refractivity contribution in [3.63, 3.8) is 0 Å². The highest BCUT2D eigenvalue weighted by Gasteiger charge is 2.02. The van der Waals surface area contributed by atoms with Gasteiger partial charge in [0.05, 0.1) is 5.69 Å². The molecule has 3 nitrogen and oxygen atoms in total. The van der Waals surface area contributed by atoms with E-state index < -0.39 is 16.0 Å². The van der Waals surface area contributed by atoms with E-state index in [9.17, 15) is 12.3 Å². The summed E-state index contributed by atoms with van der Waals surface area (Å²) in [4.78, 5) is 3.75. The molecule has 0 N–H and O–H groups in total. The van der Waals surface area contributed by atoms with Gasteiger partial charge in [0.2, 0.25) is 0 Å². The third-order valence-corrected chi connectivity index (χ3v) is 1.82. The number of halogens is 1. The highest BCUT2D eigenvalue weighted by molar-refractivity contribution is 7.87. The zero-order valence-corrected chi connectivity index (χ0v) is 7.54. The van der Waals surface area contributed by atoms with Crippen LogP contribution in [0.1, 0.15) is 0 Å². The van der Waals surface area contributed by atoms with Crippen molar-refractivity contribution in [1.29, 1.82) is 0 Å². The summed E-state index contributed by atoms with van der Waals surface area (Å²) in [5.74, 6) is -0.679. The molecular weight excluding hydrogens is 193 g/mol. The van der Waals surface area contributed by atoms with E-state index in [0.29, 0.717) is 5.69 Å². The molecule has 0 aliphatic heterocycles. The molecule has 0 amide bonds. The minimum atomic E-state index is -4.44. The zero-order chi connectivity index (χ0) is 9.73. The number of hydrogen-bond donors (Lipinski definition) is 0. The average molecular weight is 201 g/mol. The fourth-order valence-corrected chi connectivity index (χ4v) is 0.998. The van der Waals surface area contributed by atoms with Crippen molar-refractivity contribution in [1.82, 2.24) is 0 Å². The highest BCUT2D eigenvalue weighted by atomic mass is 32.3. The molecule has 0 saturated heterocycles. The Labute approximate surface area is 76.1 Å². The molecule has 0 atom stereocenters. The van der Waals surface area contributed by atoms with Crippen LogP contribution < -0.4 is 0 Å². The maximum Gasteiger partial charge on any atom is 0.307 e. The van der Waals surface area contributed by atoms with Gasteiger partial charge in [-0.2, -0.15) is 8.42 Å². The van der Waals surface area contributed by atoms with Crippen molar-refractivity contribution in [3.8, 4) is 0 Å². The molecule has 0 unspecified atom stereocenters. The maximum atomic E-state index is 12.0. The summed E-state index contributed by atoms with van der Waals surface area (Å²) in [5, 5.41) is 0. The van der Waals surface area contributed by atoms with E-state index >= 15 is 0 Å². The summed E-state index contributed by atoms with van der Waals surface area (Å²) in [6.45, 7) is 0. The maximum absolute atomic E-state index is 12.0. The van der Waals surface area contributed by atoms with Gasteiger partial charge in [-0.15, -0.1) is 3.89 Å². The normalized spacial score (nSPS) is 12.1. The predicted octanol–water partition coefficient (Wildman–Crippen LogP) is 1.69. The third kappa shape index (κ3) is 4.37. The van der Waals surface area contributed by atoms with Crippen LogP contribution >= 0.6 is 0 Å². The number of benzene rings is 1. The standard InChI is InChI=1S/C8H8FNO2S/c9-13(11,12)7-6-10-8-4-2-1-3-5-8/h1-6H,7H2. The molecule has 0 aliphatic carbocycles. The first-order chi connectivity index (χ1) is 6.08. The van der Waals surface area contributed by atoms with E-state index in [0.717, 1.165) is 6.21 Å². The molecule has 0 saturated carbocycles. The Morgan fingerprint density at radius 1 is 1.31 bits per heavy atom. The first kappa shape index (κ1) is 9.85. The number of aliphatic imine (C=N–C) groups is 1. The molecule has 1 rings (SSSR count). The number of rotatable bonds is 3. The van der Waals surface area contributed by atoms with Crippen molar-refractivity contribution in [2.24, 2.45) is 4.99 Å². The lowest BCUT2D eigenvalue weighted by Crippen LogP contribution is -1.98. The number of hydrogen-bond acceptors (Lipinski definition) is 3. The summed E-state index contributed by atoms with van der Waals surface area (Å²) >= 11 is 0. The van der Waals surface area contributed by atoms with Crippen LogP contribution in [0.15, 0.2) is 35.3 Å². The van der Waals surface area contributed by atoms with Gasteiger partial charge in [-0.25, -0.2) is 0 Å². The summed E-state index contributed by atoms with van der Waals surface area (Å²) < 4.78 is 32.1. The van der Waals surface area contributed by atoms with Gasteiger partial charge in [0, 0.05) is 6.21 Å². The molecule has 0 aliphatic rings. The Bertz CT molecular complexity index is 386. The molecule has 70 valence electrons. The van der Waals surface area contributed by atoms with E-state index in [1.165, 1.54) is 0 Å². The predicted molar refractivity (Wildman–Crippen MR) is 49.5 cm³/mol. The number of para-hydroxylation sites is 1. The Kier molecular flexibility index (Phi) is 3.13. The minimum Gasteiger partial charge on any atom is -0.260 e. The Balaban J connectivity index is 2.61. The van der Waals surface area contributed by atoms with Crippen molar-refractivity contribution in [2.45, 2.75) is 0 Å². The second kappa shape index (κ2) is 4.13. The van der Waals surface area contributed by atoms with Crippen LogP contribution in [-0.2, 0) is 10.2 Å². The van der Waals surface area contributed by atoms with E-state index in [1.54, 1.807) is 24.3 Å². The fourth-order valence-electron chi connectivity index (χ4n) is 0.746. The quantitative estimate of drug-likeness (QED) is 0.551. The van der Waals surface area contributed by atoms with Crippen LogP contribution in [0, 0.1) is 0 Å². The first-order valence-corrected chi connectivity index (χ1v) is 5.13. The second-order valence-electron chi connectivity index (χ2n) is 2.35. The molecule has 5 heteroatoms. The van der Waals surface area contributed by atoms with Gasteiger partial charge in [-0.1, -0.05) is 18.2 Å². The molecule has 0 aromatic heterocycles. The van der Waals surface area contributed by atoms with Crippen LogP contribution in [0.2, 0.25) is 0 Å². The van der Waals surface area contributed by atoms with Gasteiger partial charge in [0.1, 0.15) is 5.75 Å². The first-order valence-electron chi connectivity index (χ1n) is 3.58. The van der Waals surface area contributed by atoms with Gasteiger partial charge in [0.15, 0.2) is 0 Å². The van der Waals surface area contributed by atoms with E-state index in [4.69, 9.17) is 0 Å². The largest absolute Gasteiger partial charge is 0.307 e. The van der Waals surface area contributed by atoms with Gasteiger partial charge in [-0.05, 0) is 12.1 Å². The van der Waals surface area contributed by atoms with Crippen LogP contribution in [0.25, 0.3) is 0 Å². The van der Waals surface area contributed by atoms with Crippen molar-refractivity contribution < 1.29 is 12.3 Å². The minimum absolute atomic E-state index is 0.603. The summed E-state index contributed by atoms with van der Waals surface area (Å²) in [6, 6.07) is 8.72. The van der Waals surface area contributed by atoms with Crippen LogP contribution in [-0.4, -0.2) is 20.4 Å². The lowest BCUT2D eigenvalue weighted by Gasteiger charge is -1.89. The lowest BCUT2D eigenvalue weighted by atomic mass is 10.3. The Morgan fingerprint density at radius 2 is 1.92 bits per heavy atom. The Morgan fingerprint density at radius 3 is 2.46 bits per heavy atom. The van der Waals surface area contributed by atoms with Crippen molar-refractivity contribution in [2.75, 3.05) is 5.75 Å². The second-order valence-corrected chi connectivity index (χ2v) is 3.76. The summed E-state index contributed by atoms with van der Waals surface area (Å²) in [7, 11) is -4.44. The molecule has 0 bridgehead atoms. The van der Waals surface area contributed by atoms with E-state index in [2.05, 4.69) is 4.99 Å². The third-order valence-electron chi connectivity index (χ3n) is 1.27. The Hall–Kier alpha value is -1.23. The van der Waals surface area contributed by atoms with Gasteiger partial charge in [0.25, 0.3) is 0 Å². The van der Waals surface area contributed by atoms with Crippen LogP contribution in [0.5, 0.6) is 0 Å². The van der Waals surface area contributed by atoms with Gasteiger partial charge >= 0.3 is 10.2 Å². The molecule has 0 spiro atoms. The zero-order valence-electron chi connectivity index (χ0n) is 6.72. The highest BCUT2D eigenvalue weighted by Crippen LogP contribution is 2.08. The average Bonchev–Trinajstić information content (AvgIpc) is 2.04. The molecule has 0 fully saturated rings. The monoisotopic (exact) mass is 201 g/mol. The molecule has 0 heterocycles. The number of nitrogens with zero attached hydrogens (tertiary/aromatic N) is 1. The molecular formula is C8H8FNO2S. The summed E-state index contributed by atoms with van der Waals surface area (Å²) in [5.41, 5.74) is 0.603. The smallest absolute Gasteiger partial charge is 0.260 e. The fraction of sp³-hybridized carbons (Fsp3) is 0.125. The molecule has 1 aromatic rings. The van der Waals surface area contributed by atoms with Gasteiger partial charge < -0.3 is 0 Å². The van der Waals surface area contributed by atoms with E-state index in [-0.39, 0.29) is 0 Å². The SMILES string of the molecule is O=S(=O)(F)CC=Nc1ccccc1. The van der Waals surface area contributed by atoms with Crippen LogP contribution in [0.4, 0.5) is 9.57 Å². The van der Waals surface area contributed by atoms with Gasteiger partial charge in [-0.3, -0.25) is 4.99 Å². The lowest BCUT2D eigenvalue weighted by molar-refractivity contribution is 0.557. The van der Waals surface area contributed by atoms with Crippen molar-refractivity contribution >= 4 is 22.1 Å². The topological polar surface area (TPSA) is 46.5 Å². The molecule has 13 heavy (non-hydrogen) atoms. The molecule has 1 aromatic carbocycles. The summed E-state index contributed by atoms with van der Waals surface area (Å²) in [6.07, 6.45) is 1.03. The van der Waals surface area contributed by atoms with E-state index in [1.807, 2.05) is 6.07 Å². The molecule has 0 radical (unpaired) electrons. The van der Waals surface area contributed by atoms with Crippen LogP contribution in [0.3, 0.4) is 0 Å².